The average Bonchev–Trinajstić information content (AvgIpc) is 3.04. The molecule has 0 radical (unpaired) electrons. The maximum absolute atomic E-state index is 13.1. The lowest BCUT2D eigenvalue weighted by Gasteiger charge is -2.25. The van der Waals surface area contributed by atoms with E-state index >= 15 is 0 Å². The fourth-order valence-corrected chi connectivity index (χ4v) is 4.25. The third-order valence-corrected chi connectivity index (χ3v) is 5.59. The van der Waals surface area contributed by atoms with Gasteiger partial charge in [0.15, 0.2) is 5.75 Å². The van der Waals surface area contributed by atoms with Crippen molar-refractivity contribution in [1.29, 1.82) is 0 Å². The molecule has 2 aromatic carbocycles. The van der Waals surface area contributed by atoms with Crippen LogP contribution in [0, 0.1) is 0 Å². The predicted molar refractivity (Wildman–Crippen MR) is 120 cm³/mol. The summed E-state index contributed by atoms with van der Waals surface area (Å²) in [5.41, 5.74) is 0.337. The second-order valence-corrected chi connectivity index (χ2v) is 7.70. The van der Waals surface area contributed by atoms with E-state index in [0.29, 0.717) is 5.69 Å². The van der Waals surface area contributed by atoms with Gasteiger partial charge in [-0.25, -0.2) is 0 Å². The molecule has 1 saturated heterocycles. The number of pyridine rings is 1. The van der Waals surface area contributed by atoms with E-state index in [-0.39, 0.29) is 38.4 Å². The van der Waals surface area contributed by atoms with Crippen LogP contribution < -0.4 is 9.64 Å². The molecule has 32 heavy (non-hydrogen) atoms. The lowest BCUT2D eigenvalue weighted by molar-refractivity contribution is -0.132. The highest BCUT2D eigenvalue weighted by atomic mass is 35.5. The van der Waals surface area contributed by atoms with Crippen LogP contribution >= 0.6 is 23.2 Å². The number of phenols is 1. The number of Topliss-reactive ketones (excluding diaryl/α,β-unsaturated/α-hetero) is 1. The Balaban J connectivity index is 1.97. The van der Waals surface area contributed by atoms with E-state index < -0.39 is 23.5 Å². The van der Waals surface area contributed by atoms with Crippen molar-refractivity contribution >= 4 is 46.3 Å². The molecule has 2 N–H and O–H groups in total. The number of aromatic nitrogens is 1. The van der Waals surface area contributed by atoms with Gasteiger partial charge in [-0.3, -0.25) is 19.5 Å². The second kappa shape index (κ2) is 8.53. The van der Waals surface area contributed by atoms with Gasteiger partial charge in [0.25, 0.3) is 11.7 Å². The highest BCUT2D eigenvalue weighted by Crippen LogP contribution is 2.45. The molecule has 0 saturated carbocycles. The van der Waals surface area contributed by atoms with Gasteiger partial charge in [0.05, 0.1) is 34.1 Å². The van der Waals surface area contributed by atoms with Gasteiger partial charge < -0.3 is 14.9 Å². The van der Waals surface area contributed by atoms with Crippen LogP contribution in [0.25, 0.3) is 5.76 Å². The normalized spacial score (nSPS) is 17.6. The standard InChI is InChI=1S/C23H16Cl2N2O5/c1-32-22-13(24)10-12(11-14(22)25)20(29)18-19(15-6-4-5-9-26-15)27(23(31)21(18)30)16-7-2-3-8-17(16)28/h2-11,19,28-29H,1H3/b20-18+. The number of hydrogen-bond donors (Lipinski definition) is 2. The Morgan fingerprint density at radius 3 is 2.31 bits per heavy atom. The maximum Gasteiger partial charge on any atom is 0.300 e. The van der Waals surface area contributed by atoms with E-state index in [9.17, 15) is 19.8 Å². The lowest BCUT2D eigenvalue weighted by atomic mass is 9.98. The van der Waals surface area contributed by atoms with Crippen molar-refractivity contribution in [1.82, 2.24) is 4.98 Å². The van der Waals surface area contributed by atoms with Crippen molar-refractivity contribution < 1.29 is 24.5 Å². The van der Waals surface area contributed by atoms with Crippen LogP contribution in [0.1, 0.15) is 17.3 Å². The van der Waals surface area contributed by atoms with Crippen molar-refractivity contribution in [3.63, 3.8) is 0 Å². The maximum atomic E-state index is 13.1. The summed E-state index contributed by atoms with van der Waals surface area (Å²) in [6, 6.07) is 12.8. The molecule has 1 aliphatic heterocycles. The molecule has 0 bridgehead atoms. The van der Waals surface area contributed by atoms with E-state index in [4.69, 9.17) is 27.9 Å². The monoisotopic (exact) mass is 470 g/mol. The summed E-state index contributed by atoms with van der Waals surface area (Å²) in [6.45, 7) is 0. The number of para-hydroxylation sites is 2. The number of halogens is 2. The number of phenolic OH excluding ortho intramolecular Hbond substituents is 1. The topological polar surface area (TPSA) is 100.0 Å². The Kier molecular flexibility index (Phi) is 5.78. The Hall–Kier alpha value is -3.55. The number of methoxy groups -OCH3 is 1. The molecule has 1 amide bonds. The van der Waals surface area contributed by atoms with Gasteiger partial charge in [-0.05, 0) is 36.4 Å². The number of hydrogen-bond acceptors (Lipinski definition) is 6. The molecular formula is C23H16Cl2N2O5. The zero-order valence-corrected chi connectivity index (χ0v) is 18.1. The smallest absolute Gasteiger partial charge is 0.300 e. The highest BCUT2D eigenvalue weighted by Gasteiger charge is 2.48. The summed E-state index contributed by atoms with van der Waals surface area (Å²) in [4.78, 5) is 31.5. The van der Waals surface area contributed by atoms with Crippen LogP contribution in [-0.4, -0.2) is 34.0 Å². The van der Waals surface area contributed by atoms with Crippen molar-refractivity contribution in [2.24, 2.45) is 0 Å². The molecule has 1 aromatic heterocycles. The van der Waals surface area contributed by atoms with Crippen LogP contribution in [0.3, 0.4) is 0 Å². The quantitative estimate of drug-likeness (QED) is 0.324. The summed E-state index contributed by atoms with van der Waals surface area (Å²) in [5.74, 6) is -2.34. The summed E-state index contributed by atoms with van der Waals surface area (Å²) in [6.07, 6.45) is 1.50. The summed E-state index contributed by atoms with van der Waals surface area (Å²) in [5, 5.41) is 21.7. The molecule has 9 heteroatoms. The summed E-state index contributed by atoms with van der Waals surface area (Å²) >= 11 is 12.4. The minimum absolute atomic E-state index is 0.107. The van der Waals surface area contributed by atoms with Crippen LogP contribution in [0.4, 0.5) is 5.69 Å². The Morgan fingerprint density at radius 1 is 1.06 bits per heavy atom. The zero-order chi connectivity index (χ0) is 23.0. The Morgan fingerprint density at radius 2 is 1.72 bits per heavy atom. The molecule has 4 rings (SSSR count). The minimum atomic E-state index is -1.09. The van der Waals surface area contributed by atoms with Crippen molar-refractivity contribution in [3.05, 3.63) is 87.7 Å². The van der Waals surface area contributed by atoms with E-state index in [2.05, 4.69) is 4.98 Å². The molecule has 1 fully saturated rings. The second-order valence-electron chi connectivity index (χ2n) is 6.89. The summed E-state index contributed by atoms with van der Waals surface area (Å²) < 4.78 is 5.12. The van der Waals surface area contributed by atoms with Gasteiger partial charge in [-0.2, -0.15) is 0 Å². The van der Waals surface area contributed by atoms with Crippen LogP contribution in [0.5, 0.6) is 11.5 Å². The average molecular weight is 471 g/mol. The predicted octanol–water partition coefficient (Wildman–Crippen LogP) is 4.73. The molecule has 0 aliphatic carbocycles. The van der Waals surface area contributed by atoms with Crippen molar-refractivity contribution in [2.45, 2.75) is 6.04 Å². The molecule has 3 aromatic rings. The fraction of sp³-hybridized carbons (Fsp3) is 0.0870. The molecule has 162 valence electrons. The third kappa shape index (κ3) is 3.55. The number of carbonyl (C=O) groups excluding carboxylic acids is 2. The Labute approximate surface area is 193 Å². The molecule has 7 nitrogen and oxygen atoms in total. The van der Waals surface area contributed by atoms with Crippen molar-refractivity contribution in [2.75, 3.05) is 12.0 Å². The number of aliphatic hydroxyl groups is 1. The van der Waals surface area contributed by atoms with Gasteiger partial charge in [-0.1, -0.05) is 41.4 Å². The number of ether oxygens (including phenoxy) is 1. The minimum Gasteiger partial charge on any atom is -0.507 e. The molecule has 0 spiro atoms. The molecule has 2 heterocycles. The first kappa shape index (κ1) is 21.7. The van der Waals surface area contributed by atoms with Crippen LogP contribution in [0.2, 0.25) is 10.0 Å². The first-order chi connectivity index (χ1) is 15.3. The molecule has 1 aliphatic rings. The van der Waals surface area contributed by atoms with Gasteiger partial charge in [-0.15, -0.1) is 0 Å². The van der Waals surface area contributed by atoms with Crippen LogP contribution in [0.15, 0.2) is 66.4 Å². The summed E-state index contributed by atoms with van der Waals surface area (Å²) in [7, 11) is 1.39. The lowest BCUT2D eigenvalue weighted by Crippen LogP contribution is -2.29. The number of rotatable bonds is 4. The van der Waals surface area contributed by atoms with E-state index in [1.165, 1.54) is 37.6 Å². The van der Waals surface area contributed by atoms with Gasteiger partial charge in [0.1, 0.15) is 17.6 Å². The Bertz CT molecular complexity index is 1240. The van der Waals surface area contributed by atoms with E-state index in [0.717, 1.165) is 4.90 Å². The fourth-order valence-electron chi connectivity index (χ4n) is 3.61. The number of nitrogens with zero attached hydrogens (tertiary/aromatic N) is 2. The third-order valence-electron chi connectivity index (χ3n) is 5.03. The number of carbonyl (C=O) groups is 2. The van der Waals surface area contributed by atoms with Crippen LogP contribution in [-0.2, 0) is 9.59 Å². The number of anilines is 1. The first-order valence-electron chi connectivity index (χ1n) is 9.38. The number of aliphatic hydroxyl groups excluding tert-OH is 1. The van der Waals surface area contributed by atoms with E-state index in [1.807, 2.05) is 0 Å². The molecule has 1 unspecified atom stereocenters. The number of ketones is 1. The van der Waals surface area contributed by atoms with Gasteiger partial charge in [0, 0.05) is 11.8 Å². The van der Waals surface area contributed by atoms with Gasteiger partial charge >= 0.3 is 0 Å². The SMILES string of the molecule is COc1c(Cl)cc(/C(O)=C2\C(=O)C(=O)N(c3ccccc3O)C2c2ccccn2)cc1Cl. The zero-order valence-electron chi connectivity index (χ0n) is 16.6. The van der Waals surface area contributed by atoms with Gasteiger partial charge in [0.2, 0.25) is 0 Å². The van der Waals surface area contributed by atoms with Crippen molar-refractivity contribution in [3.8, 4) is 11.5 Å². The first-order valence-corrected chi connectivity index (χ1v) is 10.1. The number of amides is 1. The number of benzene rings is 2. The van der Waals surface area contributed by atoms with E-state index in [1.54, 1.807) is 30.3 Å². The number of aromatic hydroxyl groups is 1. The molecular weight excluding hydrogens is 455 g/mol. The molecule has 1 atom stereocenters. The highest BCUT2D eigenvalue weighted by molar-refractivity contribution is 6.52. The largest absolute Gasteiger partial charge is 0.507 e.